The number of fused-ring (bicyclic) bond motifs is 2. The highest BCUT2D eigenvalue weighted by molar-refractivity contribution is 6.50. The van der Waals surface area contributed by atoms with Crippen molar-refractivity contribution in [2.45, 2.75) is 26.4 Å². The molecule has 3 aromatic rings. The first-order chi connectivity index (χ1) is 12.8. The highest BCUT2D eigenvalue weighted by atomic mass is 19.5. The Labute approximate surface area is 156 Å². The fourth-order valence-electron chi connectivity index (χ4n) is 2.64. The summed E-state index contributed by atoms with van der Waals surface area (Å²) in [4.78, 5) is 0. The molecule has 0 saturated carbocycles. The largest absolute Gasteiger partial charge is 0.673 e. The first-order valence-electron chi connectivity index (χ1n) is 8.28. The Morgan fingerprint density at radius 1 is 0.857 bits per heavy atom. The van der Waals surface area contributed by atoms with Gasteiger partial charge in [-0.25, -0.2) is 4.42 Å². The Morgan fingerprint density at radius 3 is 1.68 bits per heavy atom. The summed E-state index contributed by atoms with van der Waals surface area (Å²) in [5, 5.41) is 4.55. The molecule has 0 aliphatic rings. The van der Waals surface area contributed by atoms with Gasteiger partial charge in [-0.2, -0.15) is 13.2 Å². The second kappa shape index (κ2) is 8.24. The highest BCUT2D eigenvalue weighted by Crippen LogP contribution is 2.34. The van der Waals surface area contributed by atoms with Crippen molar-refractivity contribution in [3.05, 3.63) is 47.5 Å². The lowest BCUT2D eigenvalue weighted by Crippen LogP contribution is -2.14. The molecule has 10 heteroatoms. The summed E-state index contributed by atoms with van der Waals surface area (Å²) < 4.78 is 82.2. The Kier molecular flexibility index (Phi) is 6.41. The SMILES string of the molecule is Cc1ccc2[o+]c3ccc(C)cc3c(NCCC(F)(F)F)c2c1.F[B-](F)(F)F. The molecule has 3 rings (SSSR count). The number of aryl methyl sites for hydroxylation is 2. The lowest BCUT2D eigenvalue weighted by Gasteiger charge is -2.11. The zero-order chi connectivity index (χ0) is 21.1. The minimum absolute atomic E-state index is 0.167. The van der Waals surface area contributed by atoms with Crippen LogP contribution in [0.25, 0.3) is 21.9 Å². The average Bonchev–Trinajstić information content (AvgIpc) is 2.52. The molecule has 0 atom stereocenters. The molecular weight excluding hydrogens is 390 g/mol. The quantitative estimate of drug-likeness (QED) is 0.216. The fraction of sp³-hybridized carbons (Fsp3) is 0.278. The van der Waals surface area contributed by atoms with Crippen LogP contribution in [0.5, 0.6) is 0 Å². The second-order valence-electron chi connectivity index (χ2n) is 6.26. The molecule has 0 spiro atoms. The van der Waals surface area contributed by atoms with E-state index in [9.17, 15) is 30.4 Å². The number of halogens is 7. The van der Waals surface area contributed by atoms with Crippen LogP contribution in [0.15, 0.2) is 40.8 Å². The molecule has 152 valence electrons. The van der Waals surface area contributed by atoms with Gasteiger partial charge in [0.2, 0.25) is 0 Å². The predicted octanol–water partition coefficient (Wildman–Crippen LogP) is 7.15. The molecular formula is C18H17BF7NO. The fourth-order valence-corrected chi connectivity index (χ4v) is 2.64. The Morgan fingerprint density at radius 2 is 1.29 bits per heavy atom. The van der Waals surface area contributed by atoms with Crippen molar-refractivity contribution in [3.63, 3.8) is 0 Å². The van der Waals surface area contributed by atoms with Crippen LogP contribution in [-0.4, -0.2) is 20.0 Å². The molecule has 0 saturated heterocycles. The van der Waals surface area contributed by atoms with Crippen molar-refractivity contribution in [1.82, 2.24) is 0 Å². The van der Waals surface area contributed by atoms with Crippen LogP contribution < -0.4 is 5.32 Å². The zero-order valence-electron chi connectivity index (χ0n) is 15.0. The molecule has 0 bridgehead atoms. The van der Waals surface area contributed by atoms with Crippen molar-refractivity contribution in [2.24, 2.45) is 0 Å². The smallest absolute Gasteiger partial charge is 0.418 e. The molecule has 0 amide bonds. The molecule has 0 aliphatic carbocycles. The lowest BCUT2D eigenvalue weighted by molar-refractivity contribution is -0.131. The number of alkyl halides is 3. The topological polar surface area (TPSA) is 23.3 Å². The van der Waals surface area contributed by atoms with E-state index in [1.54, 1.807) is 0 Å². The van der Waals surface area contributed by atoms with Crippen LogP contribution in [0, 0.1) is 13.8 Å². The van der Waals surface area contributed by atoms with Crippen molar-refractivity contribution < 1.29 is 34.9 Å². The molecule has 0 fully saturated rings. The zero-order valence-corrected chi connectivity index (χ0v) is 15.0. The van der Waals surface area contributed by atoms with E-state index in [0.29, 0.717) is 16.9 Å². The van der Waals surface area contributed by atoms with Gasteiger partial charge in [0.05, 0.1) is 12.1 Å². The van der Waals surface area contributed by atoms with Crippen molar-refractivity contribution in [3.8, 4) is 0 Å². The maximum absolute atomic E-state index is 12.5. The molecule has 1 heterocycles. The molecule has 0 radical (unpaired) electrons. The molecule has 0 aliphatic heterocycles. The van der Waals surface area contributed by atoms with Gasteiger partial charge in [-0.05, 0) is 49.2 Å². The van der Waals surface area contributed by atoms with Crippen LogP contribution >= 0.6 is 0 Å². The lowest BCUT2D eigenvalue weighted by atomic mass is 10.1. The van der Waals surface area contributed by atoms with E-state index >= 15 is 0 Å². The first-order valence-corrected chi connectivity index (χ1v) is 8.28. The van der Waals surface area contributed by atoms with Crippen LogP contribution in [0.2, 0.25) is 0 Å². The average molecular weight is 407 g/mol. The maximum atomic E-state index is 12.5. The van der Waals surface area contributed by atoms with Gasteiger partial charge in [-0.1, -0.05) is 0 Å². The van der Waals surface area contributed by atoms with E-state index in [1.165, 1.54) is 0 Å². The summed E-state index contributed by atoms with van der Waals surface area (Å²) in [6.45, 7) is 3.72. The molecule has 0 unspecified atom stereocenters. The number of hydrogen-bond donors (Lipinski definition) is 1. The number of hydrogen-bond acceptors (Lipinski definition) is 1. The summed E-state index contributed by atoms with van der Waals surface area (Å²) in [5.74, 6) is 0. The van der Waals surface area contributed by atoms with Gasteiger partial charge < -0.3 is 22.6 Å². The maximum Gasteiger partial charge on any atom is 0.673 e. The van der Waals surface area contributed by atoms with Crippen LogP contribution in [0.4, 0.5) is 36.1 Å². The summed E-state index contributed by atoms with van der Waals surface area (Å²) in [5.41, 5.74) is 4.05. The van der Waals surface area contributed by atoms with E-state index in [2.05, 4.69) is 5.32 Å². The molecule has 2 aromatic carbocycles. The normalized spacial score (nSPS) is 12.0. The Hall–Kier alpha value is -2.52. The summed E-state index contributed by atoms with van der Waals surface area (Å²) >= 11 is 0. The van der Waals surface area contributed by atoms with E-state index < -0.39 is 19.9 Å². The highest BCUT2D eigenvalue weighted by Gasteiger charge is 2.27. The molecule has 1 N–H and O–H groups in total. The third-order valence-electron chi connectivity index (χ3n) is 3.74. The van der Waals surface area contributed by atoms with E-state index in [0.717, 1.165) is 21.9 Å². The third-order valence-corrected chi connectivity index (χ3v) is 3.74. The van der Waals surface area contributed by atoms with Gasteiger partial charge >= 0.3 is 24.6 Å². The van der Waals surface area contributed by atoms with Crippen LogP contribution in [0.1, 0.15) is 17.5 Å². The summed E-state index contributed by atoms with van der Waals surface area (Å²) in [6.07, 6.45) is -5.05. The predicted molar refractivity (Wildman–Crippen MR) is 96.9 cm³/mol. The molecule has 1 aromatic heterocycles. The third kappa shape index (κ3) is 6.58. The van der Waals surface area contributed by atoms with Crippen molar-refractivity contribution in [2.75, 3.05) is 11.9 Å². The van der Waals surface area contributed by atoms with Crippen LogP contribution in [-0.2, 0) is 0 Å². The van der Waals surface area contributed by atoms with Gasteiger partial charge in [0, 0.05) is 18.7 Å². The van der Waals surface area contributed by atoms with Gasteiger partial charge in [0.15, 0.2) is 0 Å². The molecule has 28 heavy (non-hydrogen) atoms. The van der Waals surface area contributed by atoms with Crippen molar-refractivity contribution in [1.29, 1.82) is 0 Å². The van der Waals surface area contributed by atoms with Gasteiger partial charge in [-0.3, -0.25) is 0 Å². The van der Waals surface area contributed by atoms with Gasteiger partial charge in [0.25, 0.3) is 0 Å². The van der Waals surface area contributed by atoms with E-state index in [-0.39, 0.29) is 6.54 Å². The number of benzene rings is 2. The van der Waals surface area contributed by atoms with Gasteiger partial charge in [-0.15, -0.1) is 0 Å². The number of nitrogens with one attached hydrogen (secondary N) is 1. The van der Waals surface area contributed by atoms with Crippen molar-refractivity contribution >= 4 is 34.9 Å². The van der Waals surface area contributed by atoms with E-state index in [4.69, 9.17) is 4.42 Å². The second-order valence-corrected chi connectivity index (χ2v) is 6.26. The monoisotopic (exact) mass is 407 g/mol. The standard InChI is InChI=1S/C18H17F3NO.BF4/c1-11-3-5-15-13(9-11)17(22-8-7-18(19,20)21)14-10-12(2)4-6-16(14)23-15;2-1(3,4)5/h3-6,9-10,22H,7-8H2,1-2H3;/q+1;-1. The van der Waals surface area contributed by atoms with Crippen LogP contribution in [0.3, 0.4) is 0 Å². The Balaban J connectivity index is 0.000000500. The summed E-state index contributed by atoms with van der Waals surface area (Å²) in [7, 11) is -6.00. The minimum atomic E-state index is -6.00. The van der Waals surface area contributed by atoms with Gasteiger partial charge in [0.1, 0.15) is 10.8 Å². The Bertz CT molecular complexity index is 904. The minimum Gasteiger partial charge on any atom is -0.418 e. The molecule has 2 nitrogen and oxygen atoms in total. The van der Waals surface area contributed by atoms with E-state index in [1.807, 2.05) is 50.2 Å². The summed E-state index contributed by atoms with van der Waals surface area (Å²) in [6, 6.07) is 11.4. The number of rotatable bonds is 3. The number of anilines is 1. The first kappa shape index (κ1) is 21.8.